The van der Waals surface area contributed by atoms with E-state index in [-0.39, 0.29) is 0 Å². The van der Waals surface area contributed by atoms with Crippen LogP contribution in [0.15, 0.2) is 11.0 Å². The van der Waals surface area contributed by atoms with Crippen LogP contribution in [0, 0.1) is 0 Å². The van der Waals surface area contributed by atoms with E-state index >= 15 is 0 Å². The quantitative estimate of drug-likeness (QED) is 0.684. The second-order valence-corrected chi connectivity index (χ2v) is 4.55. The van der Waals surface area contributed by atoms with Crippen molar-refractivity contribution in [3.05, 3.63) is 11.0 Å². The van der Waals surface area contributed by atoms with Crippen LogP contribution in [0.1, 0.15) is 20.3 Å². The van der Waals surface area contributed by atoms with Gasteiger partial charge >= 0.3 is 5.97 Å². The van der Waals surface area contributed by atoms with Crippen LogP contribution < -0.4 is 0 Å². The van der Waals surface area contributed by atoms with E-state index in [0.717, 1.165) is 4.91 Å². The Morgan fingerprint density at radius 3 is 2.58 bits per heavy atom. The maximum atomic E-state index is 10.5. The lowest BCUT2D eigenvalue weighted by atomic mass is 10.1. The minimum Gasteiger partial charge on any atom is -0.480 e. The molecule has 0 amide bonds. The predicted molar refractivity (Wildman–Crippen MR) is 48.0 cm³/mol. The van der Waals surface area contributed by atoms with Gasteiger partial charge in [-0.25, -0.2) is 0 Å². The number of hydrogen-bond donors (Lipinski definition) is 2. The summed E-state index contributed by atoms with van der Waals surface area (Å²) < 4.78 is 0. The average Bonchev–Trinajstić information content (AvgIpc) is 2.30. The largest absolute Gasteiger partial charge is 0.480 e. The van der Waals surface area contributed by atoms with Crippen LogP contribution in [0.2, 0.25) is 0 Å². The summed E-state index contributed by atoms with van der Waals surface area (Å²) in [6, 6.07) is 0. The lowest BCUT2D eigenvalue weighted by molar-refractivity contribution is -0.136. The Hall–Kier alpha value is -0.480. The van der Waals surface area contributed by atoms with Gasteiger partial charge in [0.1, 0.15) is 5.25 Å². The lowest BCUT2D eigenvalue weighted by Crippen LogP contribution is -2.20. The van der Waals surface area contributed by atoms with Gasteiger partial charge in [-0.3, -0.25) is 4.79 Å². The molecule has 0 spiro atoms. The summed E-state index contributed by atoms with van der Waals surface area (Å²) in [4.78, 5) is 11.3. The molecule has 0 saturated heterocycles. The molecule has 0 aromatic rings. The number of carbonyl (C=O) groups is 1. The Bertz CT molecular complexity index is 227. The van der Waals surface area contributed by atoms with E-state index in [2.05, 4.69) is 0 Å². The average molecular weight is 188 g/mol. The van der Waals surface area contributed by atoms with E-state index in [9.17, 15) is 9.90 Å². The van der Waals surface area contributed by atoms with Crippen molar-refractivity contribution < 1.29 is 15.0 Å². The van der Waals surface area contributed by atoms with Gasteiger partial charge in [-0.2, -0.15) is 0 Å². The summed E-state index contributed by atoms with van der Waals surface area (Å²) >= 11 is 1.24. The van der Waals surface area contributed by atoms with Crippen LogP contribution in [0.4, 0.5) is 0 Å². The van der Waals surface area contributed by atoms with Crippen molar-refractivity contribution in [3.63, 3.8) is 0 Å². The van der Waals surface area contributed by atoms with Crippen molar-refractivity contribution in [1.29, 1.82) is 0 Å². The molecule has 0 bridgehead atoms. The van der Waals surface area contributed by atoms with Crippen LogP contribution in [0.5, 0.6) is 0 Å². The maximum Gasteiger partial charge on any atom is 0.317 e. The van der Waals surface area contributed by atoms with Crippen molar-refractivity contribution in [1.82, 2.24) is 0 Å². The van der Waals surface area contributed by atoms with Gasteiger partial charge in [0.15, 0.2) is 0 Å². The highest BCUT2D eigenvalue weighted by Gasteiger charge is 2.31. The fourth-order valence-corrected chi connectivity index (χ4v) is 2.09. The standard InChI is InChI=1S/C8H12O3S/c1-8(2,11)6-4-3-5(12-6)7(9)10/h4-5,11H,3H2,1-2H3,(H,9,10). The number of thioether (sulfide) groups is 1. The molecule has 1 rings (SSSR count). The van der Waals surface area contributed by atoms with Gasteiger partial charge in [0.05, 0.1) is 5.60 Å². The van der Waals surface area contributed by atoms with E-state index in [4.69, 9.17) is 5.11 Å². The second kappa shape index (κ2) is 3.11. The lowest BCUT2D eigenvalue weighted by Gasteiger charge is -2.18. The molecule has 0 aromatic heterocycles. The molecule has 4 heteroatoms. The van der Waals surface area contributed by atoms with Gasteiger partial charge in [-0.1, -0.05) is 6.08 Å². The third-order valence-corrected chi connectivity index (χ3v) is 3.26. The van der Waals surface area contributed by atoms with Crippen molar-refractivity contribution in [2.24, 2.45) is 0 Å². The van der Waals surface area contributed by atoms with E-state index in [0.29, 0.717) is 6.42 Å². The van der Waals surface area contributed by atoms with Crippen LogP contribution in [0.25, 0.3) is 0 Å². The van der Waals surface area contributed by atoms with Crippen molar-refractivity contribution >= 4 is 17.7 Å². The number of aliphatic carboxylic acids is 1. The van der Waals surface area contributed by atoms with E-state index < -0.39 is 16.8 Å². The topological polar surface area (TPSA) is 57.5 Å². The van der Waals surface area contributed by atoms with Gasteiger partial charge in [-0.15, -0.1) is 11.8 Å². The first-order chi connectivity index (χ1) is 5.41. The SMILES string of the molecule is CC(C)(O)C1=CCC(C(=O)O)S1. The fraction of sp³-hybridized carbons (Fsp3) is 0.625. The normalized spacial score (nSPS) is 23.9. The van der Waals surface area contributed by atoms with Crippen LogP contribution in [-0.2, 0) is 4.79 Å². The molecule has 2 N–H and O–H groups in total. The molecule has 1 aliphatic rings. The molecule has 0 fully saturated rings. The highest BCUT2D eigenvalue weighted by molar-refractivity contribution is 8.04. The van der Waals surface area contributed by atoms with E-state index in [1.807, 2.05) is 0 Å². The fourth-order valence-electron chi connectivity index (χ4n) is 1.01. The summed E-state index contributed by atoms with van der Waals surface area (Å²) in [5.41, 5.74) is -0.894. The molecule has 0 aromatic carbocycles. The Labute approximate surface area is 75.5 Å². The molecule has 1 aliphatic heterocycles. The van der Waals surface area contributed by atoms with Gasteiger partial charge in [0.25, 0.3) is 0 Å². The molecule has 68 valence electrons. The minimum absolute atomic E-state index is 0.411. The van der Waals surface area contributed by atoms with E-state index in [1.165, 1.54) is 11.8 Å². The molecule has 1 heterocycles. The number of allylic oxidation sites excluding steroid dienone is 1. The zero-order valence-electron chi connectivity index (χ0n) is 7.07. The molecule has 1 atom stereocenters. The zero-order chi connectivity index (χ0) is 9.35. The van der Waals surface area contributed by atoms with Crippen LogP contribution in [-0.4, -0.2) is 27.0 Å². The number of hydrogen-bond acceptors (Lipinski definition) is 3. The maximum absolute atomic E-state index is 10.5. The summed E-state index contributed by atoms with van der Waals surface area (Å²) in [5, 5.41) is 17.8. The van der Waals surface area contributed by atoms with Crippen LogP contribution in [0.3, 0.4) is 0 Å². The van der Waals surface area contributed by atoms with Gasteiger partial charge in [0, 0.05) is 4.91 Å². The van der Waals surface area contributed by atoms with Crippen molar-refractivity contribution in [2.75, 3.05) is 0 Å². The predicted octanol–water partition coefficient (Wildman–Crippen LogP) is 1.23. The first kappa shape index (κ1) is 9.61. The van der Waals surface area contributed by atoms with Crippen LogP contribution >= 0.6 is 11.8 Å². The van der Waals surface area contributed by atoms with Crippen molar-refractivity contribution in [3.8, 4) is 0 Å². The molecule has 0 radical (unpaired) electrons. The molecule has 0 aliphatic carbocycles. The number of carboxylic acids is 1. The minimum atomic E-state index is -0.894. The van der Waals surface area contributed by atoms with E-state index in [1.54, 1.807) is 19.9 Å². The summed E-state index contributed by atoms with van der Waals surface area (Å²) in [6.45, 7) is 3.33. The molecule has 0 saturated carbocycles. The van der Waals surface area contributed by atoms with Crippen molar-refractivity contribution in [2.45, 2.75) is 31.1 Å². The Kier molecular flexibility index (Phi) is 2.49. The summed E-state index contributed by atoms with van der Waals surface area (Å²) in [6.07, 6.45) is 2.31. The molecule has 12 heavy (non-hydrogen) atoms. The Morgan fingerprint density at radius 2 is 2.33 bits per heavy atom. The highest BCUT2D eigenvalue weighted by atomic mass is 32.2. The molecular formula is C8H12O3S. The molecule has 3 nitrogen and oxygen atoms in total. The first-order valence-corrected chi connectivity index (χ1v) is 4.61. The smallest absolute Gasteiger partial charge is 0.317 e. The molecule has 1 unspecified atom stereocenters. The highest BCUT2D eigenvalue weighted by Crippen LogP contribution is 2.38. The molecular weight excluding hydrogens is 176 g/mol. The zero-order valence-corrected chi connectivity index (χ0v) is 7.89. The third kappa shape index (κ3) is 2.01. The third-order valence-electron chi connectivity index (χ3n) is 1.66. The van der Waals surface area contributed by atoms with Gasteiger partial charge in [-0.05, 0) is 20.3 Å². The number of carboxylic acid groups (broad SMARTS) is 1. The number of rotatable bonds is 2. The summed E-state index contributed by atoms with van der Waals surface area (Å²) in [7, 11) is 0. The van der Waals surface area contributed by atoms with Gasteiger partial charge < -0.3 is 10.2 Å². The van der Waals surface area contributed by atoms with Gasteiger partial charge in [0.2, 0.25) is 0 Å². The first-order valence-electron chi connectivity index (χ1n) is 3.74. The number of aliphatic hydroxyl groups is 1. The Morgan fingerprint density at radius 1 is 1.75 bits per heavy atom. The monoisotopic (exact) mass is 188 g/mol. The Balaban J connectivity index is 2.61. The summed E-state index contributed by atoms with van der Waals surface area (Å²) in [5.74, 6) is -0.810. The second-order valence-electron chi connectivity index (χ2n) is 3.31.